The zero-order valence-electron chi connectivity index (χ0n) is 9.50. The van der Waals surface area contributed by atoms with Gasteiger partial charge in [-0.3, -0.25) is 9.59 Å². The van der Waals surface area contributed by atoms with Gasteiger partial charge in [-0.1, -0.05) is 0 Å². The van der Waals surface area contributed by atoms with E-state index in [9.17, 15) is 14.7 Å². The largest absolute Gasteiger partial charge is 0.390 e. The Morgan fingerprint density at radius 2 is 1.94 bits per heavy atom. The minimum absolute atomic E-state index is 0.123. The first-order chi connectivity index (χ1) is 7.49. The van der Waals surface area contributed by atoms with Gasteiger partial charge in [-0.15, -0.1) is 0 Å². The normalized spacial score (nSPS) is 15.1. The molecule has 1 aromatic heterocycles. The second kappa shape index (κ2) is 3.42. The summed E-state index contributed by atoms with van der Waals surface area (Å²) in [6, 6.07) is 0. The van der Waals surface area contributed by atoms with Crippen LogP contribution in [0.4, 0.5) is 0 Å². The van der Waals surface area contributed by atoms with Crippen molar-refractivity contribution in [1.82, 2.24) is 4.57 Å². The van der Waals surface area contributed by atoms with Crippen molar-refractivity contribution in [2.75, 3.05) is 0 Å². The number of aromatic nitrogens is 1. The van der Waals surface area contributed by atoms with E-state index in [0.717, 1.165) is 0 Å². The van der Waals surface area contributed by atoms with Crippen molar-refractivity contribution >= 4 is 11.6 Å². The molecule has 2 rings (SSSR count). The highest BCUT2D eigenvalue weighted by atomic mass is 16.3. The van der Waals surface area contributed by atoms with Crippen LogP contribution in [0.25, 0.3) is 0 Å². The van der Waals surface area contributed by atoms with Gasteiger partial charge in [-0.2, -0.15) is 0 Å². The van der Waals surface area contributed by atoms with Crippen molar-refractivity contribution in [3.63, 3.8) is 0 Å². The Morgan fingerprint density at radius 1 is 1.31 bits per heavy atom. The third-order valence-corrected chi connectivity index (χ3v) is 3.10. The summed E-state index contributed by atoms with van der Waals surface area (Å²) in [6.45, 7) is 3.22. The van der Waals surface area contributed by atoms with E-state index in [0.29, 0.717) is 28.1 Å². The zero-order chi connectivity index (χ0) is 12.0. The van der Waals surface area contributed by atoms with Gasteiger partial charge in [0.25, 0.3) is 0 Å². The average Bonchev–Trinajstić information content (AvgIpc) is 2.47. The standard InChI is InChI=1S/C12H13NO3/c1-6-4-9(15)11-10(12(6)16)7(2)8(5-14)13(11)3/h4,14H,5H2,1-3H3. The number of carbonyl (C=O) groups excluding carboxylic acids is 2. The lowest BCUT2D eigenvalue weighted by Gasteiger charge is -2.10. The van der Waals surface area contributed by atoms with Crippen molar-refractivity contribution in [3.8, 4) is 0 Å². The summed E-state index contributed by atoms with van der Waals surface area (Å²) in [6.07, 6.45) is 1.35. The minimum Gasteiger partial charge on any atom is -0.390 e. The van der Waals surface area contributed by atoms with Crippen LogP contribution in [0.1, 0.15) is 39.0 Å². The molecule has 0 amide bonds. The molecule has 0 radical (unpaired) electrons. The van der Waals surface area contributed by atoms with Crippen LogP contribution in [0.15, 0.2) is 11.6 Å². The van der Waals surface area contributed by atoms with Crippen LogP contribution in [0.5, 0.6) is 0 Å². The fraction of sp³-hybridized carbons (Fsp3) is 0.333. The Hall–Kier alpha value is -1.68. The molecule has 0 fully saturated rings. The Labute approximate surface area is 93.2 Å². The van der Waals surface area contributed by atoms with Crippen LogP contribution in [0, 0.1) is 6.92 Å². The van der Waals surface area contributed by atoms with Crippen LogP contribution in [-0.4, -0.2) is 21.2 Å². The number of nitrogens with zero attached hydrogens (tertiary/aromatic N) is 1. The SMILES string of the molecule is CC1=CC(=O)c2c(c(C)c(CO)n2C)C1=O. The van der Waals surface area contributed by atoms with Crippen LogP contribution < -0.4 is 0 Å². The molecule has 0 saturated carbocycles. The van der Waals surface area contributed by atoms with E-state index in [1.807, 2.05) is 0 Å². The first-order valence-corrected chi connectivity index (χ1v) is 5.05. The van der Waals surface area contributed by atoms with Gasteiger partial charge < -0.3 is 9.67 Å². The van der Waals surface area contributed by atoms with E-state index in [1.54, 1.807) is 25.5 Å². The predicted octanol–water partition coefficient (Wildman–Crippen LogP) is 1.15. The molecule has 0 atom stereocenters. The second-order valence-electron chi connectivity index (χ2n) is 4.03. The molecule has 0 saturated heterocycles. The van der Waals surface area contributed by atoms with Gasteiger partial charge in [0.15, 0.2) is 5.78 Å². The van der Waals surface area contributed by atoms with E-state index in [1.165, 1.54) is 6.08 Å². The van der Waals surface area contributed by atoms with E-state index in [2.05, 4.69) is 0 Å². The summed E-state index contributed by atoms with van der Waals surface area (Å²) in [5.74, 6) is -0.292. The molecule has 84 valence electrons. The van der Waals surface area contributed by atoms with E-state index in [4.69, 9.17) is 0 Å². The smallest absolute Gasteiger partial charge is 0.203 e. The van der Waals surface area contributed by atoms with Crippen LogP contribution >= 0.6 is 0 Å². The van der Waals surface area contributed by atoms with Crippen LogP contribution in [-0.2, 0) is 13.7 Å². The predicted molar refractivity (Wildman–Crippen MR) is 58.5 cm³/mol. The third-order valence-electron chi connectivity index (χ3n) is 3.10. The lowest BCUT2D eigenvalue weighted by molar-refractivity contribution is 0.0979. The molecule has 0 bridgehead atoms. The fourth-order valence-corrected chi connectivity index (χ4v) is 2.19. The second-order valence-corrected chi connectivity index (χ2v) is 4.03. The van der Waals surface area contributed by atoms with Gasteiger partial charge in [0.2, 0.25) is 5.78 Å². The van der Waals surface area contributed by atoms with Crippen molar-refractivity contribution in [2.24, 2.45) is 7.05 Å². The van der Waals surface area contributed by atoms with Gasteiger partial charge in [-0.05, 0) is 25.5 Å². The summed E-state index contributed by atoms with van der Waals surface area (Å²) in [4.78, 5) is 23.8. The Morgan fingerprint density at radius 3 is 2.50 bits per heavy atom. The molecule has 0 unspecified atom stereocenters. The van der Waals surface area contributed by atoms with Gasteiger partial charge in [0.05, 0.1) is 12.2 Å². The quantitative estimate of drug-likeness (QED) is 0.770. The van der Waals surface area contributed by atoms with Gasteiger partial charge in [0, 0.05) is 18.3 Å². The molecule has 1 N–H and O–H groups in total. The number of allylic oxidation sites excluding steroid dienone is 2. The first kappa shape index (κ1) is 10.8. The summed E-state index contributed by atoms with van der Waals surface area (Å²) < 4.78 is 1.60. The van der Waals surface area contributed by atoms with Crippen LogP contribution in [0.3, 0.4) is 0 Å². The molecule has 1 heterocycles. The molecule has 1 aliphatic carbocycles. The molecule has 0 spiro atoms. The fourth-order valence-electron chi connectivity index (χ4n) is 2.19. The molecular formula is C12H13NO3. The zero-order valence-corrected chi connectivity index (χ0v) is 9.50. The molecule has 4 nitrogen and oxygen atoms in total. The number of rotatable bonds is 1. The molecule has 1 aliphatic rings. The molecule has 16 heavy (non-hydrogen) atoms. The van der Waals surface area contributed by atoms with Gasteiger partial charge in [-0.25, -0.2) is 0 Å². The van der Waals surface area contributed by atoms with Gasteiger partial charge in [0.1, 0.15) is 5.69 Å². The van der Waals surface area contributed by atoms with Crippen molar-refractivity contribution < 1.29 is 14.7 Å². The maximum Gasteiger partial charge on any atom is 0.203 e. The van der Waals surface area contributed by atoms with Crippen molar-refractivity contribution in [3.05, 3.63) is 34.2 Å². The van der Waals surface area contributed by atoms with Crippen molar-refractivity contribution in [1.29, 1.82) is 0 Å². The lowest BCUT2D eigenvalue weighted by Crippen LogP contribution is -2.17. The maximum absolute atomic E-state index is 11.9. The number of ketones is 2. The van der Waals surface area contributed by atoms with Crippen molar-refractivity contribution in [2.45, 2.75) is 20.5 Å². The van der Waals surface area contributed by atoms with Crippen LogP contribution in [0.2, 0.25) is 0 Å². The summed E-state index contributed by atoms with van der Waals surface area (Å²) in [5.41, 5.74) is 2.60. The molecule has 4 heteroatoms. The topological polar surface area (TPSA) is 59.3 Å². The Bertz CT molecular complexity index is 535. The highest BCUT2D eigenvalue weighted by molar-refractivity contribution is 6.24. The number of aliphatic hydroxyl groups excluding tert-OH is 1. The molecule has 0 aromatic carbocycles. The number of carbonyl (C=O) groups is 2. The average molecular weight is 219 g/mol. The highest BCUT2D eigenvalue weighted by Crippen LogP contribution is 2.28. The summed E-state index contributed by atoms with van der Waals surface area (Å²) in [5, 5.41) is 9.23. The van der Waals surface area contributed by atoms with E-state index >= 15 is 0 Å². The van der Waals surface area contributed by atoms with E-state index < -0.39 is 0 Å². The Kier molecular flexibility index (Phi) is 2.31. The summed E-state index contributed by atoms with van der Waals surface area (Å²) in [7, 11) is 1.69. The van der Waals surface area contributed by atoms with E-state index in [-0.39, 0.29) is 18.2 Å². The number of hydrogen-bond acceptors (Lipinski definition) is 3. The number of hydrogen-bond donors (Lipinski definition) is 1. The highest BCUT2D eigenvalue weighted by Gasteiger charge is 2.30. The lowest BCUT2D eigenvalue weighted by atomic mass is 9.93. The Balaban J connectivity index is 2.80. The number of aliphatic hydroxyl groups is 1. The molecule has 1 aromatic rings. The first-order valence-electron chi connectivity index (χ1n) is 5.05. The molecular weight excluding hydrogens is 206 g/mol. The summed E-state index contributed by atoms with van der Waals surface area (Å²) >= 11 is 0. The maximum atomic E-state index is 11.9. The number of Topliss-reactive ketones (excluding diaryl/α,β-unsaturated/α-hetero) is 1. The number of fused-ring (bicyclic) bond motifs is 1. The minimum atomic E-state index is -0.172. The monoisotopic (exact) mass is 219 g/mol. The van der Waals surface area contributed by atoms with Gasteiger partial charge >= 0.3 is 0 Å². The third kappa shape index (κ3) is 1.20. The molecule has 0 aliphatic heterocycles.